The van der Waals surface area contributed by atoms with Crippen molar-refractivity contribution in [1.82, 2.24) is 10.1 Å². The number of hydrogen-bond donors (Lipinski definition) is 0. The van der Waals surface area contributed by atoms with Crippen LogP contribution in [-0.4, -0.2) is 120 Å². The van der Waals surface area contributed by atoms with Gasteiger partial charge in [0.1, 0.15) is 52.5 Å². The van der Waals surface area contributed by atoms with Gasteiger partial charge in [-0.05, 0) is 22.3 Å². The average molecular weight is 937 g/mol. The Morgan fingerprint density at radius 1 is 0.500 bits per heavy atom. The number of piperidine rings is 2. The van der Waals surface area contributed by atoms with Gasteiger partial charge >= 0.3 is 23.9 Å². The van der Waals surface area contributed by atoms with E-state index in [1.54, 1.807) is 0 Å². The highest BCUT2D eigenvalue weighted by atomic mass is 16.8. The van der Waals surface area contributed by atoms with Crippen molar-refractivity contribution in [1.29, 1.82) is 0 Å². The van der Waals surface area contributed by atoms with Gasteiger partial charge in [-0.2, -0.15) is 0 Å². The molecule has 0 N–H and O–H groups in total. The topological polar surface area (TPSA) is 164 Å². The van der Waals surface area contributed by atoms with Gasteiger partial charge < -0.3 is 9.47 Å². The van der Waals surface area contributed by atoms with Crippen LogP contribution in [0.1, 0.15) is 87.5 Å². The fourth-order valence-electron chi connectivity index (χ4n) is 9.67. The summed E-state index contributed by atoms with van der Waals surface area (Å²) in [6.45, 7) is 7.00. The molecule has 362 valence electrons. The van der Waals surface area contributed by atoms with Gasteiger partial charge in [0.25, 0.3) is 0 Å². The molecule has 0 aliphatic carbocycles. The van der Waals surface area contributed by atoms with Gasteiger partial charge in [-0.1, -0.05) is 135 Å². The Labute approximate surface area is 398 Å². The van der Waals surface area contributed by atoms with Crippen LogP contribution in [0.2, 0.25) is 0 Å². The molecule has 0 radical (unpaired) electrons. The minimum atomic E-state index is -1.58. The Hall–Kier alpha value is -6.46. The summed E-state index contributed by atoms with van der Waals surface area (Å²) in [7, 11) is 2.49. The predicted molar refractivity (Wildman–Crippen MR) is 247 cm³/mol. The molecule has 4 aromatic carbocycles. The molecule has 2 amide bonds. The smallest absolute Gasteiger partial charge is 0.467 e. The molecule has 0 bridgehead atoms. The molecule has 16 nitrogen and oxygen atoms in total. The molecule has 2 fully saturated rings. The molecule has 2 aliphatic heterocycles. The zero-order valence-electron chi connectivity index (χ0n) is 39.9. The third kappa shape index (κ3) is 11.8. The lowest BCUT2D eigenvalue weighted by Crippen LogP contribution is -2.68. The molecular formula is C52H64N4O12+2. The highest BCUT2D eigenvalue weighted by Crippen LogP contribution is 2.39. The van der Waals surface area contributed by atoms with E-state index in [2.05, 4.69) is 0 Å². The number of rotatable bonds is 18. The van der Waals surface area contributed by atoms with E-state index in [1.165, 1.54) is 28.1 Å². The molecule has 2 saturated heterocycles. The number of quaternary nitrogens is 2. The van der Waals surface area contributed by atoms with Gasteiger partial charge in [-0.25, -0.2) is 29.3 Å². The SMILES string of the molecule is COC(=O)C1(N(OCc2ccccc2)C(C)=O)CC[N+](CC(C)c2ccccc2)(OC(=O)C(=O)O[N+]2(CC(C)c3ccccc3)CCC(C(=O)OC)(N(OCc3ccccc3)C(C)=O)CC2)CC1. The predicted octanol–water partition coefficient (Wildman–Crippen LogP) is 6.52. The minimum Gasteiger partial charge on any atom is -0.467 e. The van der Waals surface area contributed by atoms with E-state index in [4.69, 9.17) is 28.8 Å². The number of ether oxygens (including phenoxy) is 2. The van der Waals surface area contributed by atoms with Crippen molar-refractivity contribution in [2.24, 2.45) is 0 Å². The number of nitrogens with zero attached hydrogens (tertiary/aromatic N) is 4. The summed E-state index contributed by atoms with van der Waals surface area (Å²) in [5, 5.41) is 2.14. The maximum atomic E-state index is 14.4. The Balaban J connectivity index is 1.28. The van der Waals surface area contributed by atoms with E-state index < -0.39 is 46.8 Å². The van der Waals surface area contributed by atoms with Crippen LogP contribution in [0.4, 0.5) is 0 Å². The lowest BCUT2D eigenvalue weighted by atomic mass is 9.85. The van der Waals surface area contributed by atoms with Crippen molar-refractivity contribution >= 4 is 35.7 Å². The summed E-state index contributed by atoms with van der Waals surface area (Å²) in [4.78, 5) is 108. The lowest BCUT2D eigenvalue weighted by Gasteiger charge is -2.48. The van der Waals surface area contributed by atoms with Crippen LogP contribution in [0.25, 0.3) is 0 Å². The number of methoxy groups -OCH3 is 2. The summed E-state index contributed by atoms with van der Waals surface area (Å²) < 4.78 is 9.85. The standard InChI is InChI=1S/C52H64N4O12/c1-39(45-23-15-9-16-24-45)35-55(31-27-51(28-32-55,49(61)63-5)53(41(3)57)65-37-43-19-11-7-12-20-43)67-47(59)48(60)68-56(36-40(2)46-25-17-10-18-26-46)33-29-52(30-34-56,50(62)64-6)54(42(4)58)66-38-44-21-13-8-14-22-44/h7-26,39-40H,27-38H2,1-6H3/q+2. The molecule has 2 atom stereocenters. The molecule has 4 aromatic rings. The quantitative estimate of drug-likeness (QED) is 0.0460. The highest BCUT2D eigenvalue weighted by molar-refractivity contribution is 6.29. The second kappa shape index (κ2) is 22.6. The molecule has 2 aliphatic rings. The van der Waals surface area contributed by atoms with Gasteiger partial charge in [0.15, 0.2) is 11.1 Å². The van der Waals surface area contributed by atoms with Gasteiger partial charge in [-0.3, -0.25) is 28.9 Å². The highest BCUT2D eigenvalue weighted by Gasteiger charge is 2.59. The summed E-state index contributed by atoms with van der Waals surface area (Å²) in [6.07, 6.45) is -0.162. The first-order chi connectivity index (χ1) is 32.6. The number of carbonyl (C=O) groups is 6. The number of amides is 2. The Kier molecular flexibility index (Phi) is 16.9. The van der Waals surface area contributed by atoms with E-state index in [0.717, 1.165) is 32.4 Å². The van der Waals surface area contributed by atoms with Crippen molar-refractivity contribution in [2.75, 3.05) is 53.5 Å². The number of benzene rings is 4. The first-order valence-electron chi connectivity index (χ1n) is 23.0. The maximum Gasteiger partial charge on any atom is 0.480 e. The number of carbonyl (C=O) groups excluding carboxylic acids is 6. The fourth-order valence-corrected chi connectivity index (χ4v) is 9.67. The maximum absolute atomic E-state index is 14.4. The molecule has 0 saturated carbocycles. The Morgan fingerprint density at radius 3 is 1.07 bits per heavy atom. The van der Waals surface area contributed by atoms with Crippen LogP contribution in [0.3, 0.4) is 0 Å². The van der Waals surface area contributed by atoms with Crippen LogP contribution < -0.4 is 0 Å². The zero-order valence-corrected chi connectivity index (χ0v) is 39.9. The van der Waals surface area contributed by atoms with Gasteiger partial charge in [0, 0.05) is 51.4 Å². The largest absolute Gasteiger partial charge is 0.480 e. The number of hydrogen-bond acceptors (Lipinski definition) is 12. The molecule has 2 heterocycles. The van der Waals surface area contributed by atoms with E-state index in [-0.39, 0.29) is 99.3 Å². The van der Waals surface area contributed by atoms with E-state index in [1.807, 2.05) is 135 Å². The summed E-state index contributed by atoms with van der Waals surface area (Å²) in [5.74, 6) is -5.34. The van der Waals surface area contributed by atoms with Crippen LogP contribution in [0.5, 0.6) is 0 Å². The van der Waals surface area contributed by atoms with Crippen molar-refractivity contribution in [3.05, 3.63) is 144 Å². The normalized spacial score (nSPS) is 23.2. The van der Waals surface area contributed by atoms with E-state index in [0.29, 0.717) is 0 Å². The van der Waals surface area contributed by atoms with Crippen LogP contribution in [0.15, 0.2) is 121 Å². The molecule has 16 heteroatoms. The number of esters is 2. The zero-order chi connectivity index (χ0) is 49.0. The van der Waals surface area contributed by atoms with Gasteiger partial charge in [0.05, 0.1) is 14.2 Å². The first-order valence-corrected chi connectivity index (χ1v) is 23.0. The number of hydroxylamine groups is 10. The summed E-state index contributed by atoms with van der Waals surface area (Å²) >= 11 is 0. The summed E-state index contributed by atoms with van der Waals surface area (Å²) in [6, 6.07) is 37.7. The second-order valence-electron chi connectivity index (χ2n) is 17.9. The van der Waals surface area contributed by atoms with Crippen molar-refractivity contribution in [3.63, 3.8) is 0 Å². The third-order valence-electron chi connectivity index (χ3n) is 13.3. The third-order valence-corrected chi connectivity index (χ3v) is 13.3. The lowest BCUT2D eigenvalue weighted by molar-refractivity contribution is -1.10. The van der Waals surface area contributed by atoms with Crippen molar-refractivity contribution in [2.45, 2.75) is 89.5 Å². The molecule has 2 unspecified atom stereocenters. The molecule has 68 heavy (non-hydrogen) atoms. The fraction of sp³-hybridized carbons (Fsp3) is 0.423. The molecule has 0 spiro atoms. The minimum absolute atomic E-state index is 0.000321. The molecular weight excluding hydrogens is 873 g/mol. The van der Waals surface area contributed by atoms with Crippen molar-refractivity contribution in [3.8, 4) is 0 Å². The van der Waals surface area contributed by atoms with Gasteiger partial charge in [-0.15, -0.1) is 9.29 Å². The van der Waals surface area contributed by atoms with Crippen LogP contribution in [0, 0.1) is 0 Å². The van der Waals surface area contributed by atoms with Crippen molar-refractivity contribution < 1.29 is 66.9 Å². The monoisotopic (exact) mass is 936 g/mol. The Bertz CT molecular complexity index is 2170. The average Bonchev–Trinajstić information content (AvgIpc) is 3.35. The number of likely N-dealkylation sites (tertiary alicyclic amines) is 2. The van der Waals surface area contributed by atoms with E-state index in [9.17, 15) is 28.8 Å². The summed E-state index contributed by atoms with van der Waals surface area (Å²) in [5.41, 5.74) is 0.306. The van der Waals surface area contributed by atoms with E-state index >= 15 is 0 Å². The Morgan fingerprint density at radius 2 is 0.794 bits per heavy atom. The first kappa shape index (κ1) is 50.9. The molecule has 6 rings (SSSR count). The molecule has 0 aromatic heterocycles. The second-order valence-corrected chi connectivity index (χ2v) is 17.9. The van der Waals surface area contributed by atoms with Gasteiger partial charge in [0.2, 0.25) is 11.8 Å². The van der Waals surface area contributed by atoms with Crippen LogP contribution in [-0.2, 0) is 70.8 Å². The van der Waals surface area contributed by atoms with Crippen LogP contribution >= 0.6 is 0 Å².